The molecule has 1 amide bonds. The molecule has 0 radical (unpaired) electrons. The maximum absolute atomic E-state index is 12.3. The number of nitrogens with one attached hydrogen (secondary N) is 1. The first-order valence-corrected chi connectivity index (χ1v) is 9.38. The quantitative estimate of drug-likeness (QED) is 0.592. The highest BCUT2D eigenvalue weighted by molar-refractivity contribution is 5.93. The number of aliphatic imine (C=N–C) groups is 1. The van der Waals surface area contributed by atoms with Gasteiger partial charge in [-0.3, -0.25) is 14.7 Å². The maximum Gasteiger partial charge on any atom is 0.225 e. The molecular formula is C19H29N5O2. The van der Waals surface area contributed by atoms with Crippen LogP contribution in [0.2, 0.25) is 0 Å². The summed E-state index contributed by atoms with van der Waals surface area (Å²) in [6.45, 7) is 4.95. The zero-order valence-electron chi connectivity index (χ0n) is 15.5. The van der Waals surface area contributed by atoms with Crippen LogP contribution in [0.5, 0.6) is 5.75 Å². The largest absolute Gasteiger partial charge is 0.495 e. The predicted octanol–water partition coefficient (Wildman–Crippen LogP) is 1.37. The van der Waals surface area contributed by atoms with Gasteiger partial charge in [-0.15, -0.1) is 0 Å². The summed E-state index contributed by atoms with van der Waals surface area (Å²) in [5.41, 5.74) is 6.78. The number of benzene rings is 1. The van der Waals surface area contributed by atoms with Gasteiger partial charge >= 0.3 is 0 Å². The number of para-hydroxylation sites is 2. The SMILES string of the molecule is COc1ccccc1NC(N)=NCCN1CCN(C(=O)C2CCC2)CC1. The van der Waals surface area contributed by atoms with Crippen molar-refractivity contribution in [3.63, 3.8) is 0 Å². The van der Waals surface area contributed by atoms with Crippen molar-refractivity contribution in [3.8, 4) is 5.75 Å². The molecule has 3 rings (SSSR count). The van der Waals surface area contributed by atoms with Crippen molar-refractivity contribution in [1.82, 2.24) is 9.80 Å². The van der Waals surface area contributed by atoms with Crippen molar-refractivity contribution >= 4 is 17.6 Å². The van der Waals surface area contributed by atoms with Crippen LogP contribution in [0.15, 0.2) is 29.3 Å². The predicted molar refractivity (Wildman–Crippen MR) is 103 cm³/mol. The molecule has 2 aliphatic rings. The van der Waals surface area contributed by atoms with E-state index >= 15 is 0 Å². The molecule has 0 bridgehead atoms. The second-order valence-electron chi connectivity index (χ2n) is 6.89. The Hall–Kier alpha value is -2.28. The van der Waals surface area contributed by atoms with Gasteiger partial charge in [-0.1, -0.05) is 18.6 Å². The summed E-state index contributed by atoms with van der Waals surface area (Å²) in [6, 6.07) is 7.61. The summed E-state index contributed by atoms with van der Waals surface area (Å²) in [4.78, 5) is 21.0. The second kappa shape index (κ2) is 8.89. The van der Waals surface area contributed by atoms with E-state index in [1.54, 1.807) is 7.11 Å². The van der Waals surface area contributed by atoms with Crippen LogP contribution in [0, 0.1) is 5.92 Å². The second-order valence-corrected chi connectivity index (χ2v) is 6.89. The molecule has 1 saturated carbocycles. The molecule has 7 nitrogen and oxygen atoms in total. The van der Waals surface area contributed by atoms with Crippen LogP contribution in [0.4, 0.5) is 5.69 Å². The molecule has 0 aromatic heterocycles. The highest BCUT2D eigenvalue weighted by Crippen LogP contribution is 2.28. The van der Waals surface area contributed by atoms with E-state index in [0.29, 0.717) is 24.3 Å². The number of guanidine groups is 1. The first-order valence-electron chi connectivity index (χ1n) is 9.38. The summed E-state index contributed by atoms with van der Waals surface area (Å²) in [5.74, 6) is 1.78. The number of nitrogens with zero attached hydrogens (tertiary/aromatic N) is 3. The number of methoxy groups -OCH3 is 1. The first-order chi connectivity index (χ1) is 12.7. The van der Waals surface area contributed by atoms with E-state index in [2.05, 4.69) is 15.2 Å². The van der Waals surface area contributed by atoms with Crippen LogP contribution in [-0.2, 0) is 4.79 Å². The molecule has 3 N–H and O–H groups in total. The number of hydrogen-bond donors (Lipinski definition) is 2. The van der Waals surface area contributed by atoms with Gasteiger partial charge in [0.15, 0.2) is 5.96 Å². The standard InChI is InChI=1S/C19H29N5O2/c1-26-17-8-3-2-7-16(17)22-19(20)21-9-10-23-11-13-24(14-12-23)18(25)15-5-4-6-15/h2-3,7-8,15H,4-6,9-14H2,1H3,(H3,20,21,22). The molecule has 0 atom stereocenters. The van der Waals surface area contributed by atoms with Crippen molar-refractivity contribution in [3.05, 3.63) is 24.3 Å². The molecule has 142 valence electrons. The molecule has 1 saturated heterocycles. The Balaban J connectivity index is 1.39. The van der Waals surface area contributed by atoms with E-state index in [9.17, 15) is 4.79 Å². The van der Waals surface area contributed by atoms with E-state index in [1.165, 1.54) is 6.42 Å². The lowest BCUT2D eigenvalue weighted by Gasteiger charge is -2.38. The Kier molecular flexibility index (Phi) is 6.33. The molecule has 0 unspecified atom stereocenters. The van der Waals surface area contributed by atoms with E-state index in [4.69, 9.17) is 10.5 Å². The van der Waals surface area contributed by atoms with Crippen LogP contribution < -0.4 is 15.8 Å². The summed E-state index contributed by atoms with van der Waals surface area (Å²) in [7, 11) is 1.63. The monoisotopic (exact) mass is 359 g/mol. The van der Waals surface area contributed by atoms with Gasteiger partial charge < -0.3 is 20.7 Å². The third kappa shape index (κ3) is 4.66. The minimum Gasteiger partial charge on any atom is -0.495 e. The summed E-state index contributed by atoms with van der Waals surface area (Å²) < 4.78 is 5.29. The first kappa shape index (κ1) is 18.5. The van der Waals surface area contributed by atoms with Crippen molar-refractivity contribution in [2.24, 2.45) is 16.6 Å². The number of amides is 1. The van der Waals surface area contributed by atoms with Crippen LogP contribution in [0.3, 0.4) is 0 Å². The minimum absolute atomic E-state index is 0.298. The zero-order chi connectivity index (χ0) is 18.4. The smallest absolute Gasteiger partial charge is 0.225 e. The van der Waals surface area contributed by atoms with E-state index in [-0.39, 0.29) is 0 Å². The average Bonchev–Trinajstić information content (AvgIpc) is 2.61. The normalized spacial score (nSPS) is 19.1. The molecule has 1 aromatic rings. The molecule has 1 aliphatic heterocycles. The molecule has 1 aliphatic carbocycles. The minimum atomic E-state index is 0.298. The number of rotatable bonds is 6. The molecule has 26 heavy (non-hydrogen) atoms. The van der Waals surface area contributed by atoms with Gasteiger partial charge in [-0.25, -0.2) is 0 Å². The summed E-state index contributed by atoms with van der Waals surface area (Å²) in [5, 5.41) is 3.08. The number of nitrogens with two attached hydrogens (primary N) is 1. The highest BCUT2D eigenvalue weighted by atomic mass is 16.5. The molecule has 1 aromatic carbocycles. The Morgan fingerprint density at radius 3 is 2.65 bits per heavy atom. The van der Waals surface area contributed by atoms with E-state index in [0.717, 1.165) is 57.0 Å². The van der Waals surface area contributed by atoms with Crippen molar-refractivity contribution in [1.29, 1.82) is 0 Å². The third-order valence-electron chi connectivity index (χ3n) is 5.21. The Labute approximate surface area is 155 Å². The number of hydrogen-bond acceptors (Lipinski definition) is 4. The molecule has 7 heteroatoms. The van der Waals surface area contributed by atoms with Gasteiger partial charge in [0.2, 0.25) is 5.91 Å². The Morgan fingerprint density at radius 2 is 2.00 bits per heavy atom. The number of carbonyl (C=O) groups is 1. The third-order valence-corrected chi connectivity index (χ3v) is 5.21. The molecule has 2 fully saturated rings. The summed E-state index contributed by atoms with van der Waals surface area (Å²) in [6.07, 6.45) is 3.36. The van der Waals surface area contributed by atoms with Crippen LogP contribution in [0.25, 0.3) is 0 Å². The fourth-order valence-corrected chi connectivity index (χ4v) is 3.34. The van der Waals surface area contributed by atoms with Crippen LogP contribution in [-0.4, -0.2) is 68.0 Å². The zero-order valence-corrected chi connectivity index (χ0v) is 15.5. The highest BCUT2D eigenvalue weighted by Gasteiger charge is 2.30. The van der Waals surface area contributed by atoms with Gasteiger partial charge in [0, 0.05) is 38.6 Å². The van der Waals surface area contributed by atoms with Gasteiger partial charge in [-0.2, -0.15) is 0 Å². The lowest BCUT2D eigenvalue weighted by molar-refractivity contribution is -0.139. The summed E-state index contributed by atoms with van der Waals surface area (Å²) >= 11 is 0. The Bertz CT molecular complexity index is 637. The molecule has 1 heterocycles. The topological polar surface area (TPSA) is 83.2 Å². The van der Waals surface area contributed by atoms with E-state index in [1.807, 2.05) is 29.2 Å². The van der Waals surface area contributed by atoms with Gasteiger partial charge in [-0.05, 0) is 25.0 Å². The average molecular weight is 359 g/mol. The fraction of sp³-hybridized carbons (Fsp3) is 0.579. The number of anilines is 1. The molecular weight excluding hydrogens is 330 g/mol. The maximum atomic E-state index is 12.3. The lowest BCUT2D eigenvalue weighted by Crippen LogP contribution is -2.51. The van der Waals surface area contributed by atoms with Crippen molar-refractivity contribution in [2.75, 3.05) is 51.7 Å². The number of piperazine rings is 1. The Morgan fingerprint density at radius 1 is 1.27 bits per heavy atom. The van der Waals surface area contributed by atoms with Crippen molar-refractivity contribution < 1.29 is 9.53 Å². The number of ether oxygens (including phenoxy) is 1. The fourth-order valence-electron chi connectivity index (χ4n) is 3.34. The van der Waals surface area contributed by atoms with Crippen molar-refractivity contribution in [2.45, 2.75) is 19.3 Å². The lowest BCUT2D eigenvalue weighted by atomic mass is 9.84. The number of carbonyl (C=O) groups excluding carboxylic acids is 1. The van der Waals surface area contributed by atoms with E-state index < -0.39 is 0 Å². The van der Waals surface area contributed by atoms with Gasteiger partial charge in [0.05, 0.1) is 19.3 Å². The van der Waals surface area contributed by atoms with Crippen LogP contribution >= 0.6 is 0 Å². The van der Waals surface area contributed by atoms with Crippen LogP contribution in [0.1, 0.15) is 19.3 Å². The molecule has 0 spiro atoms. The van der Waals surface area contributed by atoms with Gasteiger partial charge in [0.1, 0.15) is 5.75 Å². The van der Waals surface area contributed by atoms with Gasteiger partial charge in [0.25, 0.3) is 0 Å².